The first kappa shape index (κ1) is 13.0. The Balaban J connectivity index is 2.65. The van der Waals surface area contributed by atoms with Crippen LogP contribution in [-0.4, -0.2) is 24.7 Å². The Labute approximate surface area is 98.2 Å². The molecule has 16 heavy (non-hydrogen) atoms. The van der Waals surface area contributed by atoms with Gasteiger partial charge in [-0.1, -0.05) is 6.92 Å². The normalized spacial score (nSPS) is 12.8. The molecule has 3 nitrogen and oxygen atoms in total. The van der Waals surface area contributed by atoms with Crippen LogP contribution in [0.15, 0.2) is 18.5 Å². The zero-order valence-corrected chi connectivity index (χ0v) is 10.7. The van der Waals surface area contributed by atoms with Gasteiger partial charge in [-0.2, -0.15) is 0 Å². The summed E-state index contributed by atoms with van der Waals surface area (Å²) in [6.45, 7) is 7.29. The molecule has 1 heterocycles. The molecular formula is C13H22N2O. The van der Waals surface area contributed by atoms with E-state index in [9.17, 15) is 0 Å². The highest BCUT2D eigenvalue weighted by Crippen LogP contribution is 2.22. The monoisotopic (exact) mass is 222 g/mol. The van der Waals surface area contributed by atoms with Crippen molar-refractivity contribution in [2.24, 2.45) is 0 Å². The number of pyridine rings is 1. The van der Waals surface area contributed by atoms with Gasteiger partial charge >= 0.3 is 0 Å². The minimum Gasteiger partial charge on any atom is -0.489 e. The molecule has 0 saturated carbocycles. The molecule has 3 heteroatoms. The lowest BCUT2D eigenvalue weighted by molar-refractivity contribution is 0.241. The summed E-state index contributed by atoms with van der Waals surface area (Å²) in [6.07, 6.45) is 5.01. The second-order valence-electron chi connectivity index (χ2n) is 4.41. The first-order valence-electron chi connectivity index (χ1n) is 5.89. The predicted molar refractivity (Wildman–Crippen MR) is 67.0 cm³/mol. The van der Waals surface area contributed by atoms with Gasteiger partial charge in [0.2, 0.25) is 0 Å². The van der Waals surface area contributed by atoms with Crippen molar-refractivity contribution in [1.29, 1.82) is 0 Å². The summed E-state index contributed by atoms with van der Waals surface area (Å²) >= 11 is 0. The fourth-order valence-corrected chi connectivity index (χ4v) is 1.57. The van der Waals surface area contributed by atoms with Gasteiger partial charge in [0.15, 0.2) is 0 Å². The highest BCUT2D eigenvalue weighted by molar-refractivity contribution is 5.26. The second-order valence-corrected chi connectivity index (χ2v) is 4.41. The van der Waals surface area contributed by atoms with E-state index in [0.717, 1.165) is 18.7 Å². The highest BCUT2D eigenvalue weighted by Gasteiger charge is 2.07. The number of aromatic nitrogens is 1. The minimum atomic E-state index is 0.199. The third-order valence-corrected chi connectivity index (χ3v) is 2.50. The fraction of sp³-hybridized carbons (Fsp3) is 0.615. The van der Waals surface area contributed by atoms with Gasteiger partial charge in [-0.3, -0.25) is 4.98 Å². The molecule has 1 aromatic rings. The Morgan fingerprint density at radius 1 is 1.31 bits per heavy atom. The van der Waals surface area contributed by atoms with Crippen molar-refractivity contribution < 1.29 is 4.74 Å². The van der Waals surface area contributed by atoms with Crippen LogP contribution in [-0.2, 0) is 0 Å². The molecule has 90 valence electrons. The van der Waals surface area contributed by atoms with Gasteiger partial charge in [0.1, 0.15) is 5.75 Å². The average Bonchev–Trinajstić information content (AvgIpc) is 2.25. The first-order chi connectivity index (χ1) is 7.63. The number of ether oxygens (including phenoxy) is 1. The van der Waals surface area contributed by atoms with E-state index >= 15 is 0 Å². The quantitative estimate of drug-likeness (QED) is 0.803. The molecular weight excluding hydrogens is 200 g/mol. The largest absolute Gasteiger partial charge is 0.489 e. The lowest BCUT2D eigenvalue weighted by atomic mass is 9.99. The summed E-state index contributed by atoms with van der Waals surface area (Å²) in [5, 5.41) is 3.16. The Hall–Kier alpha value is -1.09. The number of nitrogens with one attached hydrogen (secondary N) is 1. The Morgan fingerprint density at radius 3 is 2.69 bits per heavy atom. The maximum Gasteiger partial charge on any atom is 0.138 e. The fourth-order valence-electron chi connectivity index (χ4n) is 1.57. The van der Waals surface area contributed by atoms with E-state index in [1.54, 1.807) is 6.20 Å². The molecule has 0 saturated heterocycles. The maximum absolute atomic E-state index is 5.63. The zero-order chi connectivity index (χ0) is 12.0. The van der Waals surface area contributed by atoms with Crippen molar-refractivity contribution in [3.8, 4) is 5.75 Å². The molecule has 1 N–H and O–H groups in total. The van der Waals surface area contributed by atoms with Gasteiger partial charge < -0.3 is 10.1 Å². The molecule has 1 aromatic heterocycles. The SMILES string of the molecule is CNCCC(C)c1cncc(OC(C)C)c1. The highest BCUT2D eigenvalue weighted by atomic mass is 16.5. The summed E-state index contributed by atoms with van der Waals surface area (Å²) in [5.41, 5.74) is 1.24. The van der Waals surface area contributed by atoms with E-state index in [2.05, 4.69) is 23.3 Å². The first-order valence-corrected chi connectivity index (χ1v) is 5.89. The Bertz CT molecular complexity index is 313. The van der Waals surface area contributed by atoms with Gasteiger partial charge in [0.05, 0.1) is 12.3 Å². The number of hydrogen-bond acceptors (Lipinski definition) is 3. The summed E-state index contributed by atoms with van der Waals surface area (Å²) in [4.78, 5) is 4.22. The van der Waals surface area contributed by atoms with E-state index in [0.29, 0.717) is 5.92 Å². The third-order valence-electron chi connectivity index (χ3n) is 2.50. The van der Waals surface area contributed by atoms with Crippen molar-refractivity contribution in [1.82, 2.24) is 10.3 Å². The summed E-state index contributed by atoms with van der Waals surface area (Å²) in [5.74, 6) is 1.37. The lowest BCUT2D eigenvalue weighted by Crippen LogP contribution is -2.11. The lowest BCUT2D eigenvalue weighted by Gasteiger charge is -2.14. The van der Waals surface area contributed by atoms with Crippen LogP contribution in [0.5, 0.6) is 5.75 Å². The molecule has 1 atom stereocenters. The van der Waals surface area contributed by atoms with Crippen LogP contribution in [0.2, 0.25) is 0 Å². The minimum absolute atomic E-state index is 0.199. The average molecular weight is 222 g/mol. The van der Waals surface area contributed by atoms with Crippen LogP contribution >= 0.6 is 0 Å². The molecule has 0 bridgehead atoms. The van der Waals surface area contributed by atoms with E-state index in [4.69, 9.17) is 4.74 Å². The topological polar surface area (TPSA) is 34.2 Å². The van der Waals surface area contributed by atoms with Gasteiger partial charge in [-0.25, -0.2) is 0 Å². The van der Waals surface area contributed by atoms with E-state index < -0.39 is 0 Å². The summed E-state index contributed by atoms with van der Waals surface area (Å²) in [7, 11) is 1.98. The van der Waals surface area contributed by atoms with Crippen molar-refractivity contribution in [3.63, 3.8) is 0 Å². The van der Waals surface area contributed by atoms with Gasteiger partial charge in [-0.15, -0.1) is 0 Å². The second kappa shape index (κ2) is 6.48. The van der Waals surface area contributed by atoms with E-state index in [1.165, 1.54) is 5.56 Å². The van der Waals surface area contributed by atoms with Gasteiger partial charge in [0, 0.05) is 6.20 Å². The molecule has 0 aliphatic rings. The van der Waals surface area contributed by atoms with Crippen LogP contribution in [0.4, 0.5) is 0 Å². The molecule has 0 aliphatic carbocycles. The summed E-state index contributed by atoms with van der Waals surface area (Å²) in [6, 6.07) is 2.09. The Morgan fingerprint density at radius 2 is 2.06 bits per heavy atom. The maximum atomic E-state index is 5.63. The molecule has 1 rings (SSSR count). The molecule has 0 aromatic carbocycles. The van der Waals surface area contributed by atoms with Crippen molar-refractivity contribution in [2.75, 3.05) is 13.6 Å². The van der Waals surface area contributed by atoms with Crippen LogP contribution in [0.3, 0.4) is 0 Å². The number of nitrogens with zero attached hydrogens (tertiary/aromatic N) is 1. The third kappa shape index (κ3) is 4.19. The van der Waals surface area contributed by atoms with Crippen molar-refractivity contribution in [3.05, 3.63) is 24.0 Å². The molecule has 0 spiro atoms. The standard InChI is InChI=1S/C13H22N2O/c1-10(2)16-13-7-12(8-15-9-13)11(3)5-6-14-4/h7-11,14H,5-6H2,1-4H3. The van der Waals surface area contributed by atoms with Crippen LogP contribution in [0.25, 0.3) is 0 Å². The smallest absolute Gasteiger partial charge is 0.138 e. The predicted octanol–water partition coefficient (Wildman–Crippen LogP) is 2.58. The van der Waals surface area contributed by atoms with Crippen LogP contribution in [0.1, 0.15) is 38.7 Å². The number of hydrogen-bond donors (Lipinski definition) is 1. The molecule has 0 fully saturated rings. The molecule has 0 amide bonds. The number of rotatable bonds is 6. The van der Waals surface area contributed by atoms with Crippen molar-refractivity contribution in [2.45, 2.75) is 39.2 Å². The van der Waals surface area contributed by atoms with E-state index in [-0.39, 0.29) is 6.10 Å². The molecule has 1 unspecified atom stereocenters. The van der Waals surface area contributed by atoms with Crippen LogP contribution < -0.4 is 10.1 Å². The van der Waals surface area contributed by atoms with E-state index in [1.807, 2.05) is 27.1 Å². The summed E-state index contributed by atoms with van der Waals surface area (Å²) < 4.78 is 5.63. The van der Waals surface area contributed by atoms with Gasteiger partial charge in [0.25, 0.3) is 0 Å². The molecule has 0 aliphatic heterocycles. The molecule has 0 radical (unpaired) electrons. The van der Waals surface area contributed by atoms with Crippen molar-refractivity contribution >= 4 is 0 Å². The Kier molecular flexibility index (Phi) is 5.26. The van der Waals surface area contributed by atoms with Crippen LogP contribution in [0, 0.1) is 0 Å². The zero-order valence-electron chi connectivity index (χ0n) is 10.7. The van der Waals surface area contributed by atoms with Gasteiger partial charge in [-0.05, 0) is 51.4 Å².